The molecule has 6 nitrogen and oxygen atoms in total. The number of carboxylic acids is 1. The van der Waals surface area contributed by atoms with Crippen LogP contribution in [0.4, 0.5) is 0 Å². The summed E-state index contributed by atoms with van der Waals surface area (Å²) in [5, 5.41) is 15.6. The van der Waals surface area contributed by atoms with Gasteiger partial charge in [-0.25, -0.2) is 0 Å². The number of rotatable bonds is 8. The second-order valence-corrected chi connectivity index (χ2v) is 9.34. The molecule has 168 valence electrons. The molecule has 0 radical (unpaired) electrons. The average molecular weight is 479 g/mol. The first-order valence-corrected chi connectivity index (χ1v) is 11.8. The van der Waals surface area contributed by atoms with Gasteiger partial charge in [-0.05, 0) is 45.7 Å². The van der Waals surface area contributed by atoms with Crippen LogP contribution in [0, 0.1) is 0 Å². The molecule has 1 fully saturated rings. The van der Waals surface area contributed by atoms with E-state index < -0.39 is 5.97 Å². The van der Waals surface area contributed by atoms with Crippen LogP contribution in [0.5, 0.6) is 0 Å². The van der Waals surface area contributed by atoms with Gasteiger partial charge in [0.05, 0.1) is 4.91 Å². The fourth-order valence-corrected chi connectivity index (χ4v) is 5.09. The number of thioether (sulfide) groups is 1. The minimum absolute atomic E-state index is 0.00260. The van der Waals surface area contributed by atoms with Crippen molar-refractivity contribution < 1.29 is 19.5 Å². The smallest absolute Gasteiger partial charge is 0.303 e. The Bertz CT molecular complexity index is 1250. The fraction of sp³-hybridized carbons (Fsp3) is 0.200. The van der Waals surface area contributed by atoms with Gasteiger partial charge in [0.2, 0.25) is 5.91 Å². The summed E-state index contributed by atoms with van der Waals surface area (Å²) in [6, 6.07) is 18.3. The highest BCUT2D eigenvalue weighted by Crippen LogP contribution is 2.36. The third kappa shape index (κ3) is 5.23. The lowest BCUT2D eigenvalue weighted by Crippen LogP contribution is -2.33. The Kier molecular flexibility index (Phi) is 7.05. The Balaban J connectivity index is 1.52. The van der Waals surface area contributed by atoms with Crippen LogP contribution in [0.1, 0.15) is 24.8 Å². The summed E-state index contributed by atoms with van der Waals surface area (Å²) in [6.45, 7) is 0.473. The van der Waals surface area contributed by atoms with Crippen LogP contribution in [0.15, 0.2) is 59.5 Å². The third-order valence-electron chi connectivity index (χ3n) is 5.41. The lowest BCUT2D eigenvalue weighted by Gasteiger charge is -2.14. The van der Waals surface area contributed by atoms with Crippen LogP contribution in [-0.2, 0) is 14.4 Å². The number of fused-ring (bicyclic) bond motifs is 2. The molecule has 0 saturated carbocycles. The number of hydrogen-bond acceptors (Lipinski definition) is 5. The van der Waals surface area contributed by atoms with E-state index in [1.54, 1.807) is 0 Å². The van der Waals surface area contributed by atoms with Gasteiger partial charge < -0.3 is 10.4 Å². The number of aliphatic carboxylic acids is 1. The second kappa shape index (κ2) is 10.1. The van der Waals surface area contributed by atoms with Crippen molar-refractivity contribution >= 4 is 73.7 Å². The molecule has 3 aromatic rings. The maximum absolute atomic E-state index is 13.1. The number of carbonyl (C=O) groups is 3. The van der Waals surface area contributed by atoms with E-state index in [2.05, 4.69) is 23.5 Å². The van der Waals surface area contributed by atoms with Gasteiger partial charge >= 0.3 is 5.97 Å². The number of thiocarbonyl (C=S) groups is 1. The molecule has 0 aromatic heterocycles. The van der Waals surface area contributed by atoms with Gasteiger partial charge in [0, 0.05) is 25.9 Å². The third-order valence-corrected chi connectivity index (χ3v) is 6.79. The Labute approximate surface area is 200 Å². The van der Waals surface area contributed by atoms with Crippen LogP contribution in [0.25, 0.3) is 27.6 Å². The molecule has 0 spiro atoms. The number of nitrogens with one attached hydrogen (secondary N) is 1. The Morgan fingerprint density at radius 1 is 1.03 bits per heavy atom. The summed E-state index contributed by atoms with van der Waals surface area (Å²) >= 11 is 6.66. The number of hydrogen-bond donors (Lipinski definition) is 2. The van der Waals surface area contributed by atoms with Crippen molar-refractivity contribution in [1.82, 2.24) is 10.2 Å². The number of carbonyl (C=O) groups excluding carboxylic acids is 2. The summed E-state index contributed by atoms with van der Waals surface area (Å²) in [5.74, 6) is -1.34. The zero-order chi connectivity index (χ0) is 23.4. The van der Waals surface area contributed by atoms with E-state index in [0.29, 0.717) is 15.6 Å². The van der Waals surface area contributed by atoms with Crippen molar-refractivity contribution in [3.8, 4) is 0 Å². The Morgan fingerprint density at radius 3 is 2.30 bits per heavy atom. The average Bonchev–Trinajstić information content (AvgIpc) is 3.07. The molecule has 1 aliphatic heterocycles. The zero-order valence-electron chi connectivity index (χ0n) is 17.7. The number of benzene rings is 3. The van der Waals surface area contributed by atoms with E-state index in [9.17, 15) is 14.4 Å². The van der Waals surface area contributed by atoms with Crippen LogP contribution >= 0.6 is 24.0 Å². The van der Waals surface area contributed by atoms with Crippen molar-refractivity contribution in [1.29, 1.82) is 0 Å². The molecule has 3 aromatic carbocycles. The van der Waals surface area contributed by atoms with E-state index in [1.165, 1.54) is 16.7 Å². The summed E-state index contributed by atoms with van der Waals surface area (Å²) in [6.07, 6.45) is 2.37. The van der Waals surface area contributed by atoms with Gasteiger partial charge in [-0.2, -0.15) is 0 Å². The van der Waals surface area contributed by atoms with Crippen molar-refractivity contribution in [3.05, 3.63) is 65.1 Å². The van der Waals surface area contributed by atoms with Gasteiger partial charge in [0.15, 0.2) is 0 Å². The molecule has 0 aliphatic carbocycles. The molecular weight excluding hydrogens is 456 g/mol. The van der Waals surface area contributed by atoms with Gasteiger partial charge in [-0.1, -0.05) is 72.5 Å². The molecule has 2 amide bonds. The fourth-order valence-electron chi connectivity index (χ4n) is 3.80. The van der Waals surface area contributed by atoms with E-state index >= 15 is 0 Å². The molecule has 33 heavy (non-hydrogen) atoms. The molecule has 1 aliphatic rings. The molecule has 1 heterocycles. The van der Waals surface area contributed by atoms with Crippen LogP contribution < -0.4 is 5.32 Å². The number of amides is 2. The van der Waals surface area contributed by atoms with Crippen molar-refractivity contribution in [2.75, 3.05) is 13.1 Å². The summed E-state index contributed by atoms with van der Waals surface area (Å²) in [7, 11) is 0. The summed E-state index contributed by atoms with van der Waals surface area (Å²) in [4.78, 5) is 37.7. The highest BCUT2D eigenvalue weighted by molar-refractivity contribution is 8.26. The largest absolute Gasteiger partial charge is 0.481 e. The van der Waals surface area contributed by atoms with E-state index in [0.717, 1.165) is 27.1 Å². The van der Waals surface area contributed by atoms with Gasteiger partial charge in [0.1, 0.15) is 4.32 Å². The molecule has 0 atom stereocenters. The van der Waals surface area contributed by atoms with Crippen LogP contribution in [0.2, 0.25) is 0 Å². The Morgan fingerprint density at radius 2 is 1.67 bits per heavy atom. The summed E-state index contributed by atoms with van der Waals surface area (Å²) < 4.78 is 0.425. The lowest BCUT2D eigenvalue weighted by molar-refractivity contribution is -0.137. The number of carboxylic acid groups (broad SMARTS) is 1. The topological polar surface area (TPSA) is 86.7 Å². The molecule has 1 saturated heterocycles. The first-order chi connectivity index (χ1) is 15.9. The minimum atomic E-state index is -0.896. The van der Waals surface area contributed by atoms with Crippen molar-refractivity contribution in [3.63, 3.8) is 0 Å². The van der Waals surface area contributed by atoms with E-state index in [4.69, 9.17) is 17.3 Å². The van der Waals surface area contributed by atoms with E-state index in [-0.39, 0.29) is 37.7 Å². The first kappa shape index (κ1) is 22.9. The lowest BCUT2D eigenvalue weighted by atomic mass is 9.96. The predicted octanol–water partition coefficient (Wildman–Crippen LogP) is 4.57. The molecule has 8 heteroatoms. The molecule has 4 rings (SSSR count). The quantitative estimate of drug-likeness (QED) is 0.214. The number of nitrogens with zero attached hydrogens (tertiary/aromatic N) is 1. The first-order valence-electron chi connectivity index (χ1n) is 10.6. The second-order valence-electron chi connectivity index (χ2n) is 7.66. The minimum Gasteiger partial charge on any atom is -0.481 e. The maximum atomic E-state index is 13.1. The van der Waals surface area contributed by atoms with Crippen molar-refractivity contribution in [2.24, 2.45) is 0 Å². The molecule has 0 bridgehead atoms. The predicted molar refractivity (Wildman–Crippen MR) is 136 cm³/mol. The Hall–Kier alpha value is -3.23. The molecular formula is C25H22N2O4S2. The zero-order valence-corrected chi connectivity index (χ0v) is 19.4. The van der Waals surface area contributed by atoms with Crippen LogP contribution in [-0.4, -0.2) is 45.2 Å². The highest BCUT2D eigenvalue weighted by Gasteiger charge is 2.32. The molecule has 0 unspecified atom stereocenters. The monoisotopic (exact) mass is 478 g/mol. The summed E-state index contributed by atoms with van der Waals surface area (Å²) in [5.41, 5.74) is 0.973. The maximum Gasteiger partial charge on any atom is 0.303 e. The SMILES string of the molecule is O=C(O)CCCNC(=O)CCN1C(=O)/C(=C/c2c3ccccc3cc3ccccc23)SC1=S. The van der Waals surface area contributed by atoms with Gasteiger partial charge in [-0.3, -0.25) is 19.3 Å². The highest BCUT2D eigenvalue weighted by atomic mass is 32.2. The van der Waals surface area contributed by atoms with Crippen molar-refractivity contribution in [2.45, 2.75) is 19.3 Å². The standard InChI is InChI=1S/C25H22N2O4S2/c28-22(26-12-5-10-23(29)30)11-13-27-24(31)21(33-25(27)32)15-20-18-8-3-1-6-16(18)14-17-7-2-4-9-19(17)20/h1-4,6-9,14-15H,5,10-13H2,(H,26,28)(H,29,30)/b21-15-. The normalized spacial score (nSPS) is 15.0. The van der Waals surface area contributed by atoms with Crippen LogP contribution in [0.3, 0.4) is 0 Å². The molecule has 2 N–H and O–H groups in total. The van der Waals surface area contributed by atoms with Gasteiger partial charge in [0.25, 0.3) is 5.91 Å². The van der Waals surface area contributed by atoms with Gasteiger partial charge in [-0.15, -0.1) is 0 Å². The van der Waals surface area contributed by atoms with E-state index in [1.807, 2.05) is 42.5 Å².